The van der Waals surface area contributed by atoms with Crippen LogP contribution in [0.1, 0.15) is 27.2 Å². The Morgan fingerprint density at radius 2 is 2.25 bits per heavy atom. The molecule has 90 valence electrons. The van der Waals surface area contributed by atoms with Gasteiger partial charge in [0, 0.05) is 24.4 Å². The predicted molar refractivity (Wildman–Crippen MR) is 62.8 cm³/mol. The molecule has 0 aromatic carbocycles. The zero-order valence-corrected chi connectivity index (χ0v) is 10.2. The zero-order chi connectivity index (χ0) is 12.3. The van der Waals surface area contributed by atoms with Gasteiger partial charge in [-0.25, -0.2) is 0 Å². The van der Waals surface area contributed by atoms with E-state index in [1.165, 1.54) is 0 Å². The smallest absolute Gasteiger partial charge is 0.240 e. The fourth-order valence-electron chi connectivity index (χ4n) is 1.74. The Kier molecular flexibility index (Phi) is 3.73. The SMILES string of the molecule is C=CC1CC(=O)N(CC(=O)NC(C)(C)C)C1. The molecule has 4 nitrogen and oxygen atoms in total. The second-order valence-electron chi connectivity index (χ2n) is 5.27. The van der Waals surface area contributed by atoms with Gasteiger partial charge in [0.15, 0.2) is 0 Å². The van der Waals surface area contributed by atoms with Crippen molar-refractivity contribution in [1.82, 2.24) is 10.2 Å². The van der Waals surface area contributed by atoms with E-state index in [9.17, 15) is 9.59 Å². The highest BCUT2D eigenvalue weighted by molar-refractivity contribution is 5.86. The third-order valence-electron chi connectivity index (χ3n) is 2.43. The molecule has 1 aliphatic heterocycles. The highest BCUT2D eigenvalue weighted by Gasteiger charge is 2.29. The molecule has 1 N–H and O–H groups in total. The van der Waals surface area contributed by atoms with E-state index in [4.69, 9.17) is 0 Å². The minimum absolute atomic E-state index is 0.0361. The van der Waals surface area contributed by atoms with E-state index in [2.05, 4.69) is 11.9 Å². The third kappa shape index (κ3) is 3.68. The Morgan fingerprint density at radius 3 is 2.69 bits per heavy atom. The molecule has 1 rings (SSSR count). The molecular formula is C12H20N2O2. The molecule has 0 aliphatic carbocycles. The second kappa shape index (κ2) is 4.68. The van der Waals surface area contributed by atoms with Crippen LogP contribution < -0.4 is 5.32 Å². The number of carbonyl (C=O) groups excluding carboxylic acids is 2. The quantitative estimate of drug-likeness (QED) is 0.725. The number of nitrogens with one attached hydrogen (secondary N) is 1. The molecule has 0 aromatic heterocycles. The number of hydrogen-bond acceptors (Lipinski definition) is 2. The first-order valence-electron chi connectivity index (χ1n) is 5.53. The maximum Gasteiger partial charge on any atom is 0.240 e. The van der Waals surface area contributed by atoms with Crippen molar-refractivity contribution in [3.8, 4) is 0 Å². The van der Waals surface area contributed by atoms with Crippen molar-refractivity contribution < 1.29 is 9.59 Å². The standard InChI is InChI=1S/C12H20N2O2/c1-5-9-6-11(16)14(7-9)8-10(15)13-12(2,3)4/h5,9H,1,6-8H2,2-4H3,(H,13,15). The third-order valence-corrected chi connectivity index (χ3v) is 2.43. The Balaban J connectivity index is 2.46. The minimum Gasteiger partial charge on any atom is -0.350 e. The molecule has 4 heteroatoms. The molecular weight excluding hydrogens is 204 g/mol. The molecule has 1 aliphatic rings. The van der Waals surface area contributed by atoms with Gasteiger partial charge in [-0.1, -0.05) is 6.08 Å². The summed E-state index contributed by atoms with van der Waals surface area (Å²) in [5.41, 5.74) is -0.252. The largest absolute Gasteiger partial charge is 0.350 e. The first kappa shape index (κ1) is 12.7. The van der Waals surface area contributed by atoms with E-state index in [1.54, 1.807) is 11.0 Å². The van der Waals surface area contributed by atoms with Gasteiger partial charge in [0.1, 0.15) is 0 Å². The summed E-state index contributed by atoms with van der Waals surface area (Å²) in [7, 11) is 0. The molecule has 16 heavy (non-hydrogen) atoms. The summed E-state index contributed by atoms with van der Waals surface area (Å²) in [4.78, 5) is 24.8. The lowest BCUT2D eigenvalue weighted by Gasteiger charge is -2.23. The van der Waals surface area contributed by atoms with E-state index in [-0.39, 0.29) is 29.8 Å². The molecule has 1 atom stereocenters. The summed E-state index contributed by atoms with van der Waals surface area (Å²) in [6, 6.07) is 0. The van der Waals surface area contributed by atoms with Gasteiger partial charge in [-0.3, -0.25) is 9.59 Å². The van der Waals surface area contributed by atoms with Crippen molar-refractivity contribution in [2.45, 2.75) is 32.7 Å². The molecule has 0 saturated carbocycles. The van der Waals surface area contributed by atoms with E-state index in [0.717, 1.165) is 0 Å². The topological polar surface area (TPSA) is 49.4 Å². The van der Waals surface area contributed by atoms with Crippen molar-refractivity contribution in [3.63, 3.8) is 0 Å². The highest BCUT2D eigenvalue weighted by Crippen LogP contribution is 2.17. The molecule has 0 spiro atoms. The van der Waals surface area contributed by atoms with Crippen LogP contribution in [0, 0.1) is 5.92 Å². The monoisotopic (exact) mass is 224 g/mol. The average Bonchev–Trinajstić information content (AvgIpc) is 2.44. The minimum atomic E-state index is -0.252. The molecule has 1 saturated heterocycles. The van der Waals surface area contributed by atoms with Crippen LogP contribution in [0.4, 0.5) is 0 Å². The zero-order valence-electron chi connectivity index (χ0n) is 10.2. The predicted octanol–water partition coefficient (Wildman–Crippen LogP) is 0.936. The van der Waals surface area contributed by atoms with E-state index >= 15 is 0 Å². The van der Waals surface area contributed by atoms with Gasteiger partial charge >= 0.3 is 0 Å². The van der Waals surface area contributed by atoms with Crippen LogP contribution in [0.5, 0.6) is 0 Å². The van der Waals surface area contributed by atoms with Gasteiger partial charge in [-0.15, -0.1) is 6.58 Å². The molecule has 1 unspecified atom stereocenters. The summed E-state index contributed by atoms with van der Waals surface area (Å²) in [6.45, 7) is 10.2. The van der Waals surface area contributed by atoms with Gasteiger partial charge < -0.3 is 10.2 Å². The fraction of sp³-hybridized carbons (Fsp3) is 0.667. The maximum atomic E-state index is 11.6. The average molecular weight is 224 g/mol. The Bertz CT molecular complexity index is 305. The lowest BCUT2D eigenvalue weighted by molar-refractivity contribution is -0.133. The molecule has 0 aromatic rings. The van der Waals surface area contributed by atoms with E-state index in [0.29, 0.717) is 13.0 Å². The number of likely N-dealkylation sites (tertiary alicyclic amines) is 1. The first-order valence-corrected chi connectivity index (χ1v) is 5.53. The molecule has 2 amide bonds. The Labute approximate surface area is 96.7 Å². The molecule has 1 fully saturated rings. The number of amides is 2. The van der Waals surface area contributed by atoms with Crippen molar-refractivity contribution in [2.24, 2.45) is 5.92 Å². The molecule has 0 radical (unpaired) electrons. The van der Waals surface area contributed by atoms with E-state index < -0.39 is 0 Å². The van der Waals surface area contributed by atoms with Crippen molar-refractivity contribution in [1.29, 1.82) is 0 Å². The van der Waals surface area contributed by atoms with Crippen LogP contribution in [0.25, 0.3) is 0 Å². The van der Waals surface area contributed by atoms with Crippen LogP contribution in [0.15, 0.2) is 12.7 Å². The van der Waals surface area contributed by atoms with Crippen molar-refractivity contribution in [3.05, 3.63) is 12.7 Å². The number of nitrogens with zero attached hydrogens (tertiary/aromatic N) is 1. The van der Waals surface area contributed by atoms with E-state index in [1.807, 2.05) is 20.8 Å². The summed E-state index contributed by atoms with van der Waals surface area (Å²) in [5, 5.41) is 2.84. The summed E-state index contributed by atoms with van der Waals surface area (Å²) in [5.74, 6) is 0.120. The van der Waals surface area contributed by atoms with Gasteiger partial charge in [-0.2, -0.15) is 0 Å². The fourth-order valence-corrected chi connectivity index (χ4v) is 1.74. The molecule has 1 heterocycles. The van der Waals surface area contributed by atoms with Crippen molar-refractivity contribution >= 4 is 11.8 Å². The Hall–Kier alpha value is -1.32. The highest BCUT2D eigenvalue weighted by atomic mass is 16.2. The van der Waals surface area contributed by atoms with Gasteiger partial charge in [0.2, 0.25) is 11.8 Å². The number of carbonyl (C=O) groups is 2. The lowest BCUT2D eigenvalue weighted by atomic mass is 10.1. The molecule has 0 bridgehead atoms. The second-order valence-corrected chi connectivity index (χ2v) is 5.27. The van der Waals surface area contributed by atoms with Crippen LogP contribution in [-0.2, 0) is 9.59 Å². The van der Waals surface area contributed by atoms with Crippen LogP contribution in [-0.4, -0.2) is 35.3 Å². The first-order chi connectivity index (χ1) is 7.31. The van der Waals surface area contributed by atoms with Crippen molar-refractivity contribution in [2.75, 3.05) is 13.1 Å². The normalized spacial score (nSPS) is 21.1. The lowest BCUT2D eigenvalue weighted by Crippen LogP contribution is -2.46. The van der Waals surface area contributed by atoms with Gasteiger partial charge in [0.25, 0.3) is 0 Å². The number of hydrogen-bond donors (Lipinski definition) is 1. The van der Waals surface area contributed by atoms with Gasteiger partial charge in [-0.05, 0) is 20.8 Å². The summed E-state index contributed by atoms with van der Waals surface area (Å²) >= 11 is 0. The van der Waals surface area contributed by atoms with Gasteiger partial charge in [0.05, 0.1) is 6.54 Å². The van der Waals surface area contributed by atoms with Crippen LogP contribution in [0.3, 0.4) is 0 Å². The van der Waals surface area contributed by atoms with Crippen LogP contribution in [0.2, 0.25) is 0 Å². The summed E-state index contributed by atoms with van der Waals surface area (Å²) < 4.78 is 0. The summed E-state index contributed by atoms with van der Waals surface area (Å²) in [6.07, 6.45) is 2.26. The number of rotatable bonds is 3. The van der Waals surface area contributed by atoms with Crippen LogP contribution >= 0.6 is 0 Å². The Morgan fingerprint density at radius 1 is 1.62 bits per heavy atom. The maximum absolute atomic E-state index is 11.6.